The van der Waals surface area contributed by atoms with Crippen LogP contribution in [0.2, 0.25) is 0 Å². The lowest BCUT2D eigenvalue weighted by atomic mass is 10.4. The Kier molecular flexibility index (Phi) is 2.56. The van der Waals surface area contributed by atoms with Gasteiger partial charge in [-0.2, -0.15) is 0 Å². The molecule has 0 saturated carbocycles. The van der Waals surface area contributed by atoms with Crippen molar-refractivity contribution in [3.8, 4) is 0 Å². The molecule has 0 aliphatic rings. The van der Waals surface area contributed by atoms with Crippen LogP contribution in [0.15, 0.2) is 4.47 Å². The van der Waals surface area contributed by atoms with Crippen molar-refractivity contribution >= 4 is 43.6 Å². The fourth-order valence-electron chi connectivity index (χ4n) is 1.47. The molecule has 0 fully saturated rings. The van der Waals surface area contributed by atoms with Gasteiger partial charge in [0.2, 0.25) is 0 Å². The molecular formula is C9H9BrN2O2S. The molecule has 0 amide bonds. The molecule has 0 spiro atoms. The largest absolute Gasteiger partial charge is 0.464 e. The van der Waals surface area contributed by atoms with E-state index < -0.39 is 0 Å². The number of aromatic nitrogens is 2. The van der Waals surface area contributed by atoms with Crippen molar-refractivity contribution in [1.82, 2.24) is 9.55 Å². The molecule has 0 aliphatic carbocycles. The van der Waals surface area contributed by atoms with E-state index in [9.17, 15) is 4.79 Å². The molecule has 2 aromatic rings. The molecule has 2 rings (SSSR count). The lowest BCUT2D eigenvalue weighted by Crippen LogP contribution is -2.07. The highest BCUT2D eigenvalue weighted by atomic mass is 79.9. The average Bonchev–Trinajstić information content (AvgIpc) is 2.67. The standard InChI is InChI=1S/C9H9BrN2O2S/c1-4-11-6-5(10)7(9(13)14-3)12(2)8(6)15-4/h1-3H3. The molecule has 0 aromatic carbocycles. The molecule has 15 heavy (non-hydrogen) atoms. The summed E-state index contributed by atoms with van der Waals surface area (Å²) in [5.74, 6) is -0.354. The highest BCUT2D eigenvalue weighted by Crippen LogP contribution is 2.33. The van der Waals surface area contributed by atoms with Gasteiger partial charge in [0.1, 0.15) is 16.0 Å². The van der Waals surface area contributed by atoms with Gasteiger partial charge in [0.15, 0.2) is 0 Å². The van der Waals surface area contributed by atoms with Crippen molar-refractivity contribution in [2.24, 2.45) is 7.05 Å². The van der Waals surface area contributed by atoms with Gasteiger partial charge < -0.3 is 9.30 Å². The van der Waals surface area contributed by atoms with Crippen LogP contribution in [-0.4, -0.2) is 22.6 Å². The van der Waals surface area contributed by atoms with Crippen molar-refractivity contribution in [1.29, 1.82) is 0 Å². The molecule has 80 valence electrons. The topological polar surface area (TPSA) is 44.1 Å². The molecule has 0 N–H and O–H groups in total. The predicted molar refractivity (Wildman–Crippen MR) is 62.4 cm³/mol. The molecule has 0 radical (unpaired) electrons. The minimum Gasteiger partial charge on any atom is -0.464 e. The quantitative estimate of drug-likeness (QED) is 0.758. The Labute approximate surface area is 99.0 Å². The summed E-state index contributed by atoms with van der Waals surface area (Å²) in [7, 11) is 3.20. The maximum absolute atomic E-state index is 11.5. The highest BCUT2D eigenvalue weighted by molar-refractivity contribution is 9.10. The van der Waals surface area contributed by atoms with E-state index in [1.807, 2.05) is 14.0 Å². The summed E-state index contributed by atoms with van der Waals surface area (Å²) in [6.45, 7) is 1.94. The number of carbonyl (C=O) groups is 1. The van der Waals surface area contributed by atoms with Gasteiger partial charge in [-0.3, -0.25) is 0 Å². The van der Waals surface area contributed by atoms with Gasteiger partial charge in [-0.15, -0.1) is 11.3 Å². The molecule has 0 atom stereocenters. The molecule has 0 bridgehead atoms. The van der Waals surface area contributed by atoms with Gasteiger partial charge >= 0.3 is 5.97 Å². The van der Waals surface area contributed by atoms with Gasteiger partial charge in [0.05, 0.1) is 16.6 Å². The number of esters is 1. The lowest BCUT2D eigenvalue weighted by molar-refractivity contribution is 0.0589. The van der Waals surface area contributed by atoms with E-state index in [0.29, 0.717) is 10.2 Å². The number of hydrogen-bond acceptors (Lipinski definition) is 4. The number of aryl methyl sites for hydroxylation is 2. The van der Waals surface area contributed by atoms with Crippen LogP contribution in [0.5, 0.6) is 0 Å². The van der Waals surface area contributed by atoms with Crippen molar-refractivity contribution in [2.75, 3.05) is 7.11 Å². The second kappa shape index (κ2) is 3.61. The Morgan fingerprint density at radius 2 is 2.27 bits per heavy atom. The van der Waals surface area contributed by atoms with Crippen molar-refractivity contribution < 1.29 is 9.53 Å². The van der Waals surface area contributed by atoms with E-state index >= 15 is 0 Å². The number of nitrogens with zero attached hydrogens (tertiary/aromatic N) is 2. The van der Waals surface area contributed by atoms with Gasteiger partial charge in [-0.05, 0) is 22.9 Å². The van der Waals surface area contributed by atoms with Crippen LogP contribution in [0.1, 0.15) is 15.5 Å². The Balaban J connectivity index is 2.76. The van der Waals surface area contributed by atoms with Gasteiger partial charge in [-0.25, -0.2) is 9.78 Å². The van der Waals surface area contributed by atoms with Gasteiger partial charge in [0.25, 0.3) is 0 Å². The van der Waals surface area contributed by atoms with E-state index in [-0.39, 0.29) is 5.97 Å². The summed E-state index contributed by atoms with van der Waals surface area (Å²) < 4.78 is 7.22. The first-order valence-electron chi connectivity index (χ1n) is 4.26. The third-order valence-electron chi connectivity index (χ3n) is 2.15. The fourth-order valence-corrected chi connectivity index (χ4v) is 3.20. The van der Waals surface area contributed by atoms with E-state index in [2.05, 4.69) is 20.9 Å². The molecule has 6 heteroatoms. The molecule has 2 aromatic heterocycles. The lowest BCUT2D eigenvalue weighted by Gasteiger charge is -2.01. The molecule has 0 unspecified atom stereocenters. The molecule has 2 heterocycles. The minimum atomic E-state index is -0.354. The predicted octanol–water partition coefficient (Wildman–Crippen LogP) is 2.49. The number of carbonyl (C=O) groups excluding carboxylic acids is 1. The summed E-state index contributed by atoms with van der Waals surface area (Å²) in [6, 6.07) is 0. The second-order valence-electron chi connectivity index (χ2n) is 3.10. The first-order chi connectivity index (χ1) is 7.06. The van der Waals surface area contributed by atoms with Crippen LogP contribution >= 0.6 is 27.3 Å². The summed E-state index contributed by atoms with van der Waals surface area (Å²) in [6.07, 6.45) is 0. The highest BCUT2D eigenvalue weighted by Gasteiger charge is 2.22. The molecule has 0 aliphatic heterocycles. The summed E-state index contributed by atoms with van der Waals surface area (Å²) >= 11 is 4.94. The van der Waals surface area contributed by atoms with Crippen LogP contribution in [0, 0.1) is 6.92 Å². The number of ether oxygens (including phenoxy) is 1. The zero-order chi connectivity index (χ0) is 11.2. The Morgan fingerprint density at radius 1 is 1.60 bits per heavy atom. The van der Waals surface area contributed by atoms with Crippen molar-refractivity contribution in [3.05, 3.63) is 15.2 Å². The van der Waals surface area contributed by atoms with Crippen LogP contribution in [0.4, 0.5) is 0 Å². The van der Waals surface area contributed by atoms with Crippen LogP contribution in [0.3, 0.4) is 0 Å². The number of rotatable bonds is 1. The van der Waals surface area contributed by atoms with Crippen molar-refractivity contribution in [2.45, 2.75) is 6.92 Å². The van der Waals surface area contributed by atoms with Crippen molar-refractivity contribution in [3.63, 3.8) is 0 Å². The summed E-state index contributed by atoms with van der Waals surface area (Å²) in [4.78, 5) is 16.8. The Bertz CT molecular complexity index is 506. The zero-order valence-corrected chi connectivity index (χ0v) is 10.9. The third-order valence-corrected chi connectivity index (χ3v) is 3.95. The normalized spacial score (nSPS) is 10.9. The summed E-state index contributed by atoms with van der Waals surface area (Å²) in [5.41, 5.74) is 1.33. The monoisotopic (exact) mass is 288 g/mol. The van der Waals surface area contributed by atoms with E-state index in [1.54, 1.807) is 15.9 Å². The van der Waals surface area contributed by atoms with E-state index in [0.717, 1.165) is 15.4 Å². The maximum atomic E-state index is 11.5. The number of methoxy groups -OCH3 is 1. The SMILES string of the molecule is COC(=O)c1c(Br)c2nc(C)sc2n1C. The first-order valence-corrected chi connectivity index (χ1v) is 5.86. The molecule has 4 nitrogen and oxygen atoms in total. The first kappa shape index (κ1) is 10.6. The minimum absolute atomic E-state index is 0.354. The Hall–Kier alpha value is -0.880. The van der Waals surface area contributed by atoms with Crippen LogP contribution in [0.25, 0.3) is 10.3 Å². The van der Waals surface area contributed by atoms with E-state index in [1.165, 1.54) is 7.11 Å². The number of thiazole rings is 1. The molecular weight excluding hydrogens is 280 g/mol. The van der Waals surface area contributed by atoms with E-state index in [4.69, 9.17) is 4.74 Å². The summed E-state index contributed by atoms with van der Waals surface area (Å²) in [5, 5.41) is 0.979. The second-order valence-corrected chi connectivity index (χ2v) is 5.07. The fraction of sp³-hybridized carbons (Fsp3) is 0.333. The Morgan fingerprint density at radius 3 is 2.80 bits per heavy atom. The number of halogens is 1. The smallest absolute Gasteiger partial charge is 0.355 e. The van der Waals surface area contributed by atoms with Crippen LogP contribution < -0.4 is 0 Å². The maximum Gasteiger partial charge on any atom is 0.355 e. The van der Waals surface area contributed by atoms with Gasteiger partial charge in [-0.1, -0.05) is 0 Å². The van der Waals surface area contributed by atoms with Crippen LogP contribution in [-0.2, 0) is 11.8 Å². The molecule has 0 saturated heterocycles. The number of fused-ring (bicyclic) bond motifs is 1. The van der Waals surface area contributed by atoms with Gasteiger partial charge in [0, 0.05) is 7.05 Å². The zero-order valence-electron chi connectivity index (χ0n) is 8.50. The number of hydrogen-bond donors (Lipinski definition) is 0. The average molecular weight is 289 g/mol. The third kappa shape index (κ3) is 1.48.